The molecule has 5 rings (SSSR count). The molecule has 1 unspecified atom stereocenters. The molecular formula is C32H27ClF3N3O3. The Morgan fingerprint density at radius 1 is 1.00 bits per heavy atom. The first-order chi connectivity index (χ1) is 20.1. The van der Waals surface area contributed by atoms with E-state index in [0.717, 1.165) is 29.2 Å². The Bertz CT molecular complexity index is 1620. The molecule has 0 aliphatic carbocycles. The Morgan fingerprint density at radius 3 is 2.57 bits per heavy atom. The first kappa shape index (κ1) is 29.1. The average molecular weight is 594 g/mol. The van der Waals surface area contributed by atoms with Crippen molar-refractivity contribution in [2.45, 2.75) is 37.8 Å². The topological polar surface area (TPSA) is 80.3 Å². The van der Waals surface area contributed by atoms with Gasteiger partial charge >= 0.3 is 12.3 Å². The van der Waals surface area contributed by atoms with Crippen molar-refractivity contribution in [3.8, 4) is 22.3 Å². The zero-order chi connectivity index (χ0) is 29.9. The van der Waals surface area contributed by atoms with Crippen LogP contribution in [0.15, 0.2) is 79.0 Å². The van der Waals surface area contributed by atoms with Crippen LogP contribution in [0, 0.1) is 0 Å². The molecule has 1 aliphatic heterocycles. The molecule has 3 aromatic carbocycles. The molecule has 0 saturated carbocycles. The lowest BCUT2D eigenvalue weighted by atomic mass is 9.87. The van der Waals surface area contributed by atoms with E-state index >= 15 is 0 Å². The molecule has 0 spiro atoms. The Hall–Kier alpha value is -4.37. The highest BCUT2D eigenvalue weighted by Crippen LogP contribution is 2.40. The van der Waals surface area contributed by atoms with E-state index in [-0.39, 0.29) is 22.4 Å². The van der Waals surface area contributed by atoms with E-state index in [0.29, 0.717) is 41.9 Å². The molecule has 2 N–H and O–H groups in total. The minimum absolute atomic E-state index is 0.0292. The van der Waals surface area contributed by atoms with Gasteiger partial charge in [-0.05, 0) is 65.9 Å². The summed E-state index contributed by atoms with van der Waals surface area (Å²) in [5, 5.41) is 5.79. The fourth-order valence-corrected chi connectivity index (χ4v) is 5.35. The van der Waals surface area contributed by atoms with E-state index in [2.05, 4.69) is 20.4 Å². The number of carbonyl (C=O) groups excluding carboxylic acids is 2. The van der Waals surface area contributed by atoms with Crippen molar-refractivity contribution in [3.63, 3.8) is 0 Å². The summed E-state index contributed by atoms with van der Waals surface area (Å²) in [7, 11) is 1.27. The predicted octanol–water partition coefficient (Wildman–Crippen LogP) is 8.91. The number of rotatable bonds is 3. The highest BCUT2D eigenvalue weighted by atomic mass is 35.5. The standard InChI is InChI=1S/C32H27ClF3N3O3/c1-42-31(41)38-23-11-12-25-20-6-4-5-19(15-20)24(7-2-3-8-30(40)39-29(25)17-23)28-14-9-21(18-37-28)26-16-22(33)10-13-27(26)32(34,35)36/h4-6,9-18,24H,2-3,7-8H2,1H3,(H,38,41)(H,39,40). The summed E-state index contributed by atoms with van der Waals surface area (Å²) < 4.78 is 45.7. The second-order valence-electron chi connectivity index (χ2n) is 10.0. The highest BCUT2D eigenvalue weighted by Gasteiger charge is 2.34. The van der Waals surface area contributed by atoms with Gasteiger partial charge < -0.3 is 10.1 Å². The van der Waals surface area contributed by atoms with Crippen LogP contribution in [0.1, 0.15) is 48.4 Å². The monoisotopic (exact) mass is 593 g/mol. The average Bonchev–Trinajstić information content (AvgIpc) is 2.96. The number of pyridine rings is 1. The Morgan fingerprint density at radius 2 is 1.83 bits per heavy atom. The van der Waals surface area contributed by atoms with Crippen LogP contribution in [0.3, 0.4) is 0 Å². The van der Waals surface area contributed by atoms with Crippen molar-refractivity contribution >= 4 is 35.0 Å². The molecular weight excluding hydrogens is 567 g/mol. The van der Waals surface area contributed by atoms with Gasteiger partial charge in [-0.2, -0.15) is 13.2 Å². The molecule has 0 radical (unpaired) electrons. The fraction of sp³-hybridized carbons (Fsp3) is 0.219. The van der Waals surface area contributed by atoms with Crippen molar-refractivity contribution in [3.05, 3.63) is 101 Å². The Balaban J connectivity index is 1.53. The van der Waals surface area contributed by atoms with Crippen LogP contribution in [0.2, 0.25) is 5.02 Å². The molecule has 2 heterocycles. The molecule has 1 aliphatic rings. The van der Waals surface area contributed by atoms with E-state index in [9.17, 15) is 22.8 Å². The van der Waals surface area contributed by atoms with Gasteiger partial charge in [-0.1, -0.05) is 54.4 Å². The van der Waals surface area contributed by atoms with Crippen molar-refractivity contribution in [1.29, 1.82) is 0 Å². The smallest absolute Gasteiger partial charge is 0.417 e. The lowest BCUT2D eigenvalue weighted by Gasteiger charge is -2.21. The van der Waals surface area contributed by atoms with Crippen molar-refractivity contribution < 1.29 is 27.5 Å². The molecule has 216 valence electrons. The number of benzene rings is 3. The van der Waals surface area contributed by atoms with E-state index in [1.165, 1.54) is 25.4 Å². The number of hydrogen-bond donors (Lipinski definition) is 2. The van der Waals surface area contributed by atoms with E-state index < -0.39 is 17.8 Å². The van der Waals surface area contributed by atoms with Crippen LogP contribution in [0.25, 0.3) is 22.3 Å². The first-order valence-corrected chi connectivity index (χ1v) is 13.7. The van der Waals surface area contributed by atoms with Crippen LogP contribution >= 0.6 is 11.6 Å². The molecule has 0 saturated heterocycles. The van der Waals surface area contributed by atoms with Crippen LogP contribution < -0.4 is 10.6 Å². The second-order valence-corrected chi connectivity index (χ2v) is 10.4. The lowest BCUT2D eigenvalue weighted by molar-refractivity contribution is -0.137. The summed E-state index contributed by atoms with van der Waals surface area (Å²) in [4.78, 5) is 29.1. The summed E-state index contributed by atoms with van der Waals surface area (Å²) in [6.07, 6.45) is -1.34. The zero-order valence-corrected chi connectivity index (χ0v) is 23.4. The molecule has 1 atom stereocenters. The molecule has 4 aromatic rings. The normalized spacial score (nSPS) is 15.5. The zero-order valence-electron chi connectivity index (χ0n) is 22.6. The maximum Gasteiger partial charge on any atom is 0.417 e. The number of nitrogens with one attached hydrogen (secondary N) is 2. The van der Waals surface area contributed by atoms with Crippen LogP contribution in [0.4, 0.5) is 29.3 Å². The van der Waals surface area contributed by atoms with E-state index in [1.54, 1.807) is 24.3 Å². The second kappa shape index (κ2) is 12.2. The van der Waals surface area contributed by atoms with Gasteiger partial charge in [-0.25, -0.2) is 4.79 Å². The number of halogens is 4. The van der Waals surface area contributed by atoms with Gasteiger partial charge in [-0.3, -0.25) is 15.1 Å². The summed E-state index contributed by atoms with van der Waals surface area (Å²) in [5.41, 5.74) is 3.85. The Kier molecular flexibility index (Phi) is 8.49. The van der Waals surface area contributed by atoms with Gasteiger partial charge in [0.1, 0.15) is 0 Å². The van der Waals surface area contributed by atoms with E-state index in [4.69, 9.17) is 11.6 Å². The number of nitrogens with zero attached hydrogens (tertiary/aromatic N) is 1. The molecule has 1 aromatic heterocycles. The van der Waals surface area contributed by atoms with Crippen molar-refractivity contribution in [2.75, 3.05) is 17.7 Å². The SMILES string of the molecule is COC(=O)Nc1ccc2c(c1)NC(=O)CCCCC(c1ccc(-c3cc(Cl)ccc3C(F)(F)F)cn1)c1cccc-2c1. The Labute approximate surface area is 245 Å². The number of fused-ring (bicyclic) bond motifs is 4. The van der Waals surface area contributed by atoms with Gasteiger partial charge in [0.2, 0.25) is 5.91 Å². The van der Waals surface area contributed by atoms with Crippen molar-refractivity contribution in [2.24, 2.45) is 0 Å². The lowest BCUT2D eigenvalue weighted by Crippen LogP contribution is -2.15. The van der Waals surface area contributed by atoms with E-state index in [1.807, 2.05) is 30.3 Å². The van der Waals surface area contributed by atoms with Crippen LogP contribution in [-0.2, 0) is 15.7 Å². The third-order valence-electron chi connectivity index (χ3n) is 7.21. The number of aromatic nitrogens is 1. The molecule has 2 amide bonds. The fourth-order valence-electron chi connectivity index (χ4n) is 5.17. The number of hydrogen-bond acceptors (Lipinski definition) is 4. The number of anilines is 2. The van der Waals surface area contributed by atoms with Gasteiger partial charge in [0.15, 0.2) is 0 Å². The number of carbonyl (C=O) groups is 2. The minimum atomic E-state index is -4.54. The maximum absolute atomic E-state index is 13.7. The van der Waals surface area contributed by atoms with Crippen molar-refractivity contribution in [1.82, 2.24) is 4.98 Å². The highest BCUT2D eigenvalue weighted by molar-refractivity contribution is 6.30. The quantitative estimate of drug-likeness (QED) is 0.248. The number of amides is 2. The number of alkyl halides is 3. The van der Waals surface area contributed by atoms with Gasteiger partial charge in [0, 0.05) is 46.1 Å². The third-order valence-corrected chi connectivity index (χ3v) is 7.45. The predicted molar refractivity (Wildman–Crippen MR) is 157 cm³/mol. The van der Waals surface area contributed by atoms with Gasteiger partial charge in [0.05, 0.1) is 18.4 Å². The third kappa shape index (κ3) is 6.57. The first-order valence-electron chi connectivity index (χ1n) is 13.3. The molecule has 0 fully saturated rings. The molecule has 2 bridgehead atoms. The summed E-state index contributed by atoms with van der Waals surface area (Å²) in [6, 6.07) is 20.0. The summed E-state index contributed by atoms with van der Waals surface area (Å²) >= 11 is 6.04. The number of ether oxygens (including phenoxy) is 1. The molecule has 10 heteroatoms. The molecule has 42 heavy (non-hydrogen) atoms. The van der Waals surface area contributed by atoms with Crippen LogP contribution in [0.5, 0.6) is 0 Å². The van der Waals surface area contributed by atoms with Gasteiger partial charge in [-0.15, -0.1) is 0 Å². The minimum Gasteiger partial charge on any atom is -0.453 e. The maximum atomic E-state index is 13.7. The summed E-state index contributed by atoms with van der Waals surface area (Å²) in [5.74, 6) is -0.295. The van der Waals surface area contributed by atoms with Crippen LogP contribution in [-0.4, -0.2) is 24.1 Å². The number of methoxy groups -OCH3 is 1. The molecule has 6 nitrogen and oxygen atoms in total. The van der Waals surface area contributed by atoms with Gasteiger partial charge in [0.25, 0.3) is 0 Å². The summed E-state index contributed by atoms with van der Waals surface area (Å²) in [6.45, 7) is 0. The largest absolute Gasteiger partial charge is 0.453 e.